The molecule has 3 saturated carbocycles. The maximum Gasteiger partial charge on any atom is 0.417 e. The van der Waals surface area contributed by atoms with Gasteiger partial charge in [-0.1, -0.05) is 55.5 Å². The third kappa shape index (κ3) is 5.11. The number of benzene rings is 2. The number of aliphatic hydroxyl groups is 3. The first-order chi connectivity index (χ1) is 24.1. The number of allylic oxidation sites excluding steroid dienone is 2. The summed E-state index contributed by atoms with van der Waals surface area (Å²) in [5.74, 6) is -6.23. The van der Waals surface area contributed by atoms with Gasteiger partial charge in [0.25, 0.3) is 0 Å². The fourth-order valence-electron chi connectivity index (χ4n) is 10.00. The molecule has 272 valence electrons. The van der Waals surface area contributed by atoms with E-state index in [-0.39, 0.29) is 31.4 Å². The first-order valence-electron chi connectivity index (χ1n) is 17.0. The van der Waals surface area contributed by atoms with Crippen molar-refractivity contribution in [2.45, 2.75) is 88.2 Å². The van der Waals surface area contributed by atoms with Gasteiger partial charge < -0.3 is 40.4 Å². The Balaban J connectivity index is 1.24. The molecule has 4 fully saturated rings. The summed E-state index contributed by atoms with van der Waals surface area (Å²) in [6, 6.07) is 12.6. The van der Waals surface area contributed by atoms with E-state index in [2.05, 4.69) is 0 Å². The number of esters is 1. The fourth-order valence-corrected chi connectivity index (χ4v) is 10.00. The SMILES string of the molecule is C[C@]12C=CC(O)C=C1[C@@H](F)C[C@H]1[C@@H]3C[C@H]4O[C@@H](c5cccc(Cc6ccc(CO)c(N)c6)c5)O[C@@]4(C(=O)COC(=O)C(=O)O)[C@@]3(C)C[C@H](O)[C@@]12F. The summed E-state index contributed by atoms with van der Waals surface area (Å²) in [6.07, 6.45) is -2.68. The Morgan fingerprint density at radius 1 is 1.06 bits per heavy atom. The van der Waals surface area contributed by atoms with Crippen molar-refractivity contribution in [3.8, 4) is 0 Å². The van der Waals surface area contributed by atoms with Crippen molar-refractivity contribution in [1.29, 1.82) is 0 Å². The zero-order valence-electron chi connectivity index (χ0n) is 28.1. The number of fused-ring (bicyclic) bond motifs is 7. The number of nitrogens with two attached hydrogens (primary N) is 1. The number of Topliss-reactive ketones (excluding diaryl/α,β-unsaturated/α-hetero) is 1. The lowest BCUT2D eigenvalue weighted by Gasteiger charge is -2.63. The van der Waals surface area contributed by atoms with E-state index >= 15 is 8.78 Å². The van der Waals surface area contributed by atoms with Crippen LogP contribution >= 0.6 is 0 Å². The maximum absolute atomic E-state index is 17.8. The average Bonchev–Trinajstić information content (AvgIpc) is 3.59. The van der Waals surface area contributed by atoms with Gasteiger partial charge >= 0.3 is 11.9 Å². The summed E-state index contributed by atoms with van der Waals surface area (Å²) < 4.78 is 51.8. The number of carbonyl (C=O) groups is 3. The Bertz CT molecular complexity index is 1850. The van der Waals surface area contributed by atoms with Crippen LogP contribution in [0.2, 0.25) is 0 Å². The lowest BCUT2D eigenvalue weighted by atomic mass is 9.44. The normalized spacial score (nSPS) is 39.3. The molecule has 0 amide bonds. The highest BCUT2D eigenvalue weighted by atomic mass is 19.1. The number of ether oxygens (including phenoxy) is 3. The molecule has 4 aliphatic carbocycles. The second kappa shape index (κ2) is 12.3. The Morgan fingerprint density at radius 2 is 1.80 bits per heavy atom. The first kappa shape index (κ1) is 35.4. The number of aliphatic hydroxyl groups excluding tert-OH is 3. The number of anilines is 1. The molecule has 1 heterocycles. The lowest BCUT2D eigenvalue weighted by Crippen LogP contribution is -2.71. The Kier molecular flexibility index (Phi) is 8.54. The van der Waals surface area contributed by atoms with Crippen molar-refractivity contribution in [3.05, 3.63) is 88.5 Å². The minimum atomic E-state index is -2.38. The van der Waals surface area contributed by atoms with Gasteiger partial charge in [0.05, 0.1) is 24.9 Å². The third-order valence-corrected chi connectivity index (χ3v) is 12.4. The molecule has 11 atom stereocenters. The minimum Gasteiger partial charge on any atom is -0.473 e. The van der Waals surface area contributed by atoms with Crippen molar-refractivity contribution < 1.29 is 57.8 Å². The highest BCUT2D eigenvalue weighted by Crippen LogP contribution is 2.72. The molecule has 0 aromatic heterocycles. The molecule has 11 nitrogen and oxygen atoms in total. The monoisotopic (exact) mass is 709 g/mol. The van der Waals surface area contributed by atoms with Gasteiger partial charge in [-0.3, -0.25) is 4.79 Å². The molecule has 1 aliphatic heterocycles. The molecule has 6 N–H and O–H groups in total. The Labute approximate surface area is 292 Å². The molecule has 2 aromatic carbocycles. The van der Waals surface area contributed by atoms with Crippen LogP contribution in [0.1, 0.15) is 61.7 Å². The number of carboxylic acids is 1. The number of halogens is 2. The van der Waals surface area contributed by atoms with Gasteiger partial charge in [0.2, 0.25) is 5.78 Å². The van der Waals surface area contributed by atoms with Crippen molar-refractivity contribution in [1.82, 2.24) is 0 Å². The van der Waals surface area contributed by atoms with Crippen molar-refractivity contribution in [2.75, 3.05) is 12.3 Å². The van der Waals surface area contributed by atoms with Crippen molar-refractivity contribution >= 4 is 23.4 Å². The highest BCUT2D eigenvalue weighted by Gasteiger charge is 2.80. The fraction of sp³-hybridized carbons (Fsp3) is 0.500. The Morgan fingerprint density at radius 3 is 2.51 bits per heavy atom. The van der Waals surface area contributed by atoms with Crippen molar-refractivity contribution in [2.24, 2.45) is 22.7 Å². The summed E-state index contributed by atoms with van der Waals surface area (Å²) >= 11 is 0. The maximum atomic E-state index is 17.8. The van der Waals surface area contributed by atoms with Crippen LogP contribution < -0.4 is 5.73 Å². The smallest absolute Gasteiger partial charge is 0.417 e. The largest absolute Gasteiger partial charge is 0.473 e. The summed E-state index contributed by atoms with van der Waals surface area (Å²) in [6.45, 7) is 2.01. The summed E-state index contributed by atoms with van der Waals surface area (Å²) in [5, 5.41) is 40.6. The van der Waals surface area contributed by atoms with Gasteiger partial charge in [-0.2, -0.15) is 0 Å². The molecule has 7 rings (SSSR count). The van der Waals surface area contributed by atoms with Crippen LogP contribution in [-0.2, 0) is 41.6 Å². The molecule has 0 radical (unpaired) electrons. The van der Waals surface area contributed by atoms with Crippen LogP contribution in [0.3, 0.4) is 0 Å². The summed E-state index contributed by atoms with van der Waals surface area (Å²) in [4.78, 5) is 37.5. The number of hydrogen-bond donors (Lipinski definition) is 5. The van der Waals surface area contributed by atoms with Gasteiger partial charge in [0.15, 0.2) is 24.2 Å². The second-order valence-corrected chi connectivity index (χ2v) is 15.0. The highest BCUT2D eigenvalue weighted by molar-refractivity contribution is 6.28. The molecular formula is C38H41F2NO10. The van der Waals surface area contributed by atoms with E-state index in [9.17, 15) is 29.7 Å². The number of hydrogen-bond acceptors (Lipinski definition) is 10. The van der Waals surface area contributed by atoms with Gasteiger partial charge in [-0.05, 0) is 67.4 Å². The number of carboxylic acid groups (broad SMARTS) is 1. The van der Waals surface area contributed by atoms with Crippen LogP contribution in [0.5, 0.6) is 0 Å². The number of rotatable bonds is 7. The van der Waals surface area contributed by atoms with E-state index in [1.54, 1.807) is 31.2 Å². The molecule has 1 unspecified atom stereocenters. The molecule has 13 heteroatoms. The standard InChI is InChI=1S/C38H41F2NO10/c1-35-9-8-23(43)13-26(35)27(39)14-25-24-15-31-38(30(45)18-49-33(48)32(46)47,36(24,2)16-29(44)37(25,35)40)51-34(50-31)21-5-3-4-19(11-21)10-20-6-7-22(17-42)28(41)12-20/h3-9,11-13,23-25,27,29,31,34,42-44H,10,14-18,41H2,1-2H3,(H,46,47)/t23?,24-,25-,27-,29-,31+,34+,35-,36-,37-,38+/m0/s1. The second-order valence-electron chi connectivity index (χ2n) is 15.0. The topological polar surface area (TPSA) is 186 Å². The molecule has 1 saturated heterocycles. The summed E-state index contributed by atoms with van der Waals surface area (Å²) in [7, 11) is 0. The number of carbonyl (C=O) groups excluding carboxylic acids is 2. The van der Waals surface area contributed by atoms with E-state index in [0.717, 1.165) is 11.1 Å². The van der Waals surface area contributed by atoms with Gasteiger partial charge in [-0.25, -0.2) is 18.4 Å². The number of ketones is 1. The van der Waals surface area contributed by atoms with Gasteiger partial charge in [0, 0.05) is 33.6 Å². The van der Waals surface area contributed by atoms with Crippen LogP contribution in [-0.4, -0.2) is 80.5 Å². The number of nitrogen functional groups attached to an aromatic ring is 1. The predicted molar refractivity (Wildman–Crippen MR) is 176 cm³/mol. The van der Waals surface area contributed by atoms with Crippen LogP contribution in [0.25, 0.3) is 0 Å². The minimum absolute atomic E-state index is 0.0407. The molecule has 2 aromatic rings. The average molecular weight is 710 g/mol. The third-order valence-electron chi connectivity index (χ3n) is 12.4. The lowest BCUT2D eigenvalue weighted by molar-refractivity contribution is -0.235. The quantitative estimate of drug-likeness (QED) is 0.123. The Hall–Kier alpha value is -4.01. The van der Waals surface area contributed by atoms with Gasteiger partial charge in [-0.15, -0.1) is 0 Å². The first-order valence-corrected chi connectivity index (χ1v) is 17.0. The van der Waals surface area contributed by atoms with E-state index in [1.807, 2.05) is 18.2 Å². The van der Waals surface area contributed by atoms with E-state index in [4.69, 9.17) is 25.1 Å². The van der Waals surface area contributed by atoms with Gasteiger partial charge in [0.1, 0.15) is 6.17 Å². The molecular weight excluding hydrogens is 668 g/mol. The molecule has 0 bridgehead atoms. The molecule has 0 spiro atoms. The molecule has 5 aliphatic rings. The molecule has 51 heavy (non-hydrogen) atoms. The number of alkyl halides is 2. The number of aliphatic carboxylic acids is 1. The van der Waals surface area contributed by atoms with E-state index < -0.39 is 89.0 Å². The predicted octanol–water partition coefficient (Wildman–Crippen LogP) is 3.42. The zero-order valence-corrected chi connectivity index (χ0v) is 28.1. The van der Waals surface area contributed by atoms with Crippen LogP contribution in [0, 0.1) is 22.7 Å². The van der Waals surface area contributed by atoms with Crippen LogP contribution in [0.15, 0.2) is 66.3 Å². The zero-order chi connectivity index (χ0) is 36.7. The van der Waals surface area contributed by atoms with Crippen LogP contribution in [0.4, 0.5) is 14.5 Å². The van der Waals surface area contributed by atoms with E-state index in [1.165, 1.54) is 25.2 Å². The van der Waals surface area contributed by atoms with Crippen molar-refractivity contribution in [3.63, 3.8) is 0 Å². The summed E-state index contributed by atoms with van der Waals surface area (Å²) in [5.41, 5.74) is 2.19. The van der Waals surface area contributed by atoms with E-state index in [0.29, 0.717) is 23.2 Å².